The third kappa shape index (κ3) is 4.10. The number of unbranched alkanes of at least 4 members (excludes halogenated alkanes) is 1. The molecule has 1 aliphatic rings. The number of hydrogen-bond donors (Lipinski definition) is 1. The van der Waals surface area contributed by atoms with Crippen LogP contribution in [0, 0.1) is 0 Å². The number of aromatic nitrogens is 2. The van der Waals surface area contributed by atoms with Crippen molar-refractivity contribution in [2.24, 2.45) is 0 Å². The Kier molecular flexibility index (Phi) is 5.87. The molecule has 0 radical (unpaired) electrons. The maximum atomic E-state index is 12.6. The molecule has 0 aliphatic carbocycles. The Morgan fingerprint density at radius 3 is 2.60 bits per heavy atom. The molecule has 1 N–H and O–H groups in total. The summed E-state index contributed by atoms with van der Waals surface area (Å²) in [6.07, 6.45) is 8.24. The Labute approximate surface area is 149 Å². The number of hydrogen-bond acceptors (Lipinski definition) is 3. The van der Waals surface area contributed by atoms with Crippen molar-refractivity contribution >= 4 is 5.91 Å². The van der Waals surface area contributed by atoms with Crippen molar-refractivity contribution in [3.8, 4) is 0 Å². The average Bonchev–Trinajstić information content (AvgIpc) is 3.14. The molecule has 5 heteroatoms. The molecule has 0 unspecified atom stereocenters. The summed E-state index contributed by atoms with van der Waals surface area (Å²) in [5.74, 6) is 1.69. The second-order valence-electron chi connectivity index (χ2n) is 6.75. The molecule has 1 saturated heterocycles. The lowest BCUT2D eigenvalue weighted by atomic mass is 9.95. The summed E-state index contributed by atoms with van der Waals surface area (Å²) in [7, 11) is 0. The number of imidazole rings is 1. The van der Waals surface area contributed by atoms with Gasteiger partial charge in [-0.25, -0.2) is 4.98 Å². The topological polar surface area (TPSA) is 58.4 Å². The monoisotopic (exact) mass is 341 g/mol. The van der Waals surface area contributed by atoms with Gasteiger partial charge < -0.3 is 14.6 Å². The highest BCUT2D eigenvalue weighted by Gasteiger charge is 2.26. The van der Waals surface area contributed by atoms with Crippen LogP contribution in [0.25, 0.3) is 0 Å². The van der Waals surface area contributed by atoms with E-state index in [0.717, 1.165) is 38.0 Å². The highest BCUT2D eigenvalue weighted by atomic mass is 16.3. The van der Waals surface area contributed by atoms with E-state index in [-0.39, 0.29) is 12.5 Å². The molecule has 3 rings (SSSR count). The van der Waals surface area contributed by atoms with Gasteiger partial charge in [0, 0.05) is 43.5 Å². The van der Waals surface area contributed by atoms with Gasteiger partial charge in [-0.05, 0) is 37.0 Å². The Bertz CT molecular complexity index is 685. The van der Waals surface area contributed by atoms with E-state index in [4.69, 9.17) is 5.11 Å². The van der Waals surface area contributed by atoms with Crippen molar-refractivity contribution < 1.29 is 9.90 Å². The van der Waals surface area contributed by atoms with Crippen molar-refractivity contribution in [2.45, 2.75) is 51.7 Å². The van der Waals surface area contributed by atoms with Gasteiger partial charge in [0.05, 0.1) is 6.61 Å². The highest BCUT2D eigenvalue weighted by Crippen LogP contribution is 2.28. The second-order valence-corrected chi connectivity index (χ2v) is 6.75. The lowest BCUT2D eigenvalue weighted by molar-refractivity contribution is 0.0710. The third-order valence-electron chi connectivity index (χ3n) is 5.03. The van der Waals surface area contributed by atoms with E-state index in [0.29, 0.717) is 11.5 Å². The summed E-state index contributed by atoms with van der Waals surface area (Å²) < 4.78 is 2.28. The zero-order valence-corrected chi connectivity index (χ0v) is 14.9. The van der Waals surface area contributed by atoms with Crippen LogP contribution in [0.1, 0.15) is 60.3 Å². The lowest BCUT2D eigenvalue weighted by Crippen LogP contribution is -2.38. The van der Waals surface area contributed by atoms with Gasteiger partial charge in [-0.3, -0.25) is 4.79 Å². The summed E-state index contributed by atoms with van der Waals surface area (Å²) in [4.78, 5) is 19.2. The molecule has 1 fully saturated rings. The maximum absolute atomic E-state index is 12.6. The normalized spacial score (nSPS) is 15.5. The third-order valence-corrected chi connectivity index (χ3v) is 5.03. The Morgan fingerprint density at radius 1 is 1.24 bits per heavy atom. The smallest absolute Gasteiger partial charge is 0.253 e. The molecule has 1 aromatic carbocycles. The van der Waals surface area contributed by atoms with Crippen LogP contribution in [-0.2, 0) is 13.2 Å². The SMILES string of the molecule is CCCCn1ccnc1C1CCN(C(=O)c2ccc(CO)cc2)CC1. The number of benzene rings is 1. The van der Waals surface area contributed by atoms with Crippen molar-refractivity contribution in [3.05, 3.63) is 53.6 Å². The van der Waals surface area contributed by atoms with E-state index in [1.54, 1.807) is 12.1 Å². The van der Waals surface area contributed by atoms with Crippen LogP contribution in [0.4, 0.5) is 0 Å². The molecular formula is C20H27N3O2. The molecule has 5 nitrogen and oxygen atoms in total. The number of piperidine rings is 1. The molecule has 25 heavy (non-hydrogen) atoms. The van der Waals surface area contributed by atoms with Crippen LogP contribution in [0.15, 0.2) is 36.7 Å². The molecule has 1 aromatic heterocycles. The fourth-order valence-corrected chi connectivity index (χ4v) is 3.47. The highest BCUT2D eigenvalue weighted by molar-refractivity contribution is 5.94. The van der Waals surface area contributed by atoms with Crippen molar-refractivity contribution in [1.29, 1.82) is 0 Å². The molecule has 2 aromatic rings. The molecule has 134 valence electrons. The first-order valence-electron chi connectivity index (χ1n) is 9.23. The molecular weight excluding hydrogens is 314 g/mol. The fourth-order valence-electron chi connectivity index (χ4n) is 3.47. The van der Waals surface area contributed by atoms with Crippen LogP contribution in [-0.4, -0.2) is 38.6 Å². The number of likely N-dealkylation sites (tertiary alicyclic amines) is 1. The maximum Gasteiger partial charge on any atom is 0.253 e. The predicted octanol–water partition coefficient (Wildman–Crippen LogP) is 3.20. The van der Waals surface area contributed by atoms with Gasteiger partial charge in [0.25, 0.3) is 5.91 Å². The van der Waals surface area contributed by atoms with E-state index < -0.39 is 0 Å². The van der Waals surface area contributed by atoms with Gasteiger partial charge in [-0.1, -0.05) is 25.5 Å². The molecule has 0 bridgehead atoms. The number of carbonyl (C=O) groups is 1. The van der Waals surface area contributed by atoms with Gasteiger partial charge in [-0.15, -0.1) is 0 Å². The molecule has 0 spiro atoms. The molecule has 2 heterocycles. The largest absolute Gasteiger partial charge is 0.392 e. The van der Waals surface area contributed by atoms with Crippen LogP contribution >= 0.6 is 0 Å². The first kappa shape index (κ1) is 17.7. The first-order chi connectivity index (χ1) is 12.2. The standard InChI is InChI=1S/C20H27N3O2/c1-2-3-11-22-14-10-21-19(22)17-8-12-23(13-9-17)20(25)18-6-4-16(15-24)5-7-18/h4-7,10,14,17,24H,2-3,8-9,11-13,15H2,1H3. The zero-order chi connectivity index (χ0) is 17.6. The Hall–Kier alpha value is -2.14. The minimum atomic E-state index is 0.00451. The minimum absolute atomic E-state index is 0.00451. The number of nitrogens with zero attached hydrogens (tertiary/aromatic N) is 3. The quantitative estimate of drug-likeness (QED) is 0.878. The molecule has 0 saturated carbocycles. The van der Waals surface area contributed by atoms with E-state index in [1.165, 1.54) is 18.7 Å². The summed E-state index contributed by atoms with van der Waals surface area (Å²) in [6.45, 7) is 4.78. The number of aliphatic hydroxyl groups is 1. The van der Waals surface area contributed by atoms with E-state index in [2.05, 4.69) is 22.7 Å². The predicted molar refractivity (Wildman–Crippen MR) is 97.4 cm³/mol. The van der Waals surface area contributed by atoms with Crippen LogP contribution in [0.3, 0.4) is 0 Å². The molecule has 1 aliphatic heterocycles. The molecule has 1 amide bonds. The lowest BCUT2D eigenvalue weighted by Gasteiger charge is -2.32. The van der Waals surface area contributed by atoms with Crippen LogP contribution in [0.2, 0.25) is 0 Å². The number of carbonyl (C=O) groups excluding carboxylic acids is 1. The number of amides is 1. The van der Waals surface area contributed by atoms with Gasteiger partial charge in [0.15, 0.2) is 0 Å². The van der Waals surface area contributed by atoms with Crippen molar-refractivity contribution in [2.75, 3.05) is 13.1 Å². The first-order valence-corrected chi connectivity index (χ1v) is 9.23. The minimum Gasteiger partial charge on any atom is -0.392 e. The van der Waals surface area contributed by atoms with Crippen LogP contribution < -0.4 is 0 Å². The van der Waals surface area contributed by atoms with E-state index in [9.17, 15) is 4.79 Å². The van der Waals surface area contributed by atoms with E-state index in [1.807, 2.05) is 23.2 Å². The number of aryl methyl sites for hydroxylation is 1. The van der Waals surface area contributed by atoms with Gasteiger partial charge >= 0.3 is 0 Å². The zero-order valence-electron chi connectivity index (χ0n) is 14.9. The van der Waals surface area contributed by atoms with E-state index >= 15 is 0 Å². The van der Waals surface area contributed by atoms with Crippen molar-refractivity contribution in [3.63, 3.8) is 0 Å². The van der Waals surface area contributed by atoms with Gasteiger partial charge in [-0.2, -0.15) is 0 Å². The number of aliphatic hydroxyl groups excluding tert-OH is 1. The fraction of sp³-hybridized carbons (Fsp3) is 0.500. The average molecular weight is 341 g/mol. The Balaban J connectivity index is 1.59. The summed E-state index contributed by atoms with van der Waals surface area (Å²) in [6, 6.07) is 7.23. The summed E-state index contributed by atoms with van der Waals surface area (Å²) >= 11 is 0. The van der Waals surface area contributed by atoms with Crippen molar-refractivity contribution in [1.82, 2.24) is 14.5 Å². The number of rotatable bonds is 6. The Morgan fingerprint density at radius 2 is 1.96 bits per heavy atom. The second kappa shape index (κ2) is 8.30. The van der Waals surface area contributed by atoms with Gasteiger partial charge in [0.1, 0.15) is 5.82 Å². The van der Waals surface area contributed by atoms with Gasteiger partial charge in [0.2, 0.25) is 0 Å². The molecule has 0 atom stereocenters. The van der Waals surface area contributed by atoms with Crippen LogP contribution in [0.5, 0.6) is 0 Å². The summed E-state index contributed by atoms with van der Waals surface area (Å²) in [5, 5.41) is 9.11. The summed E-state index contributed by atoms with van der Waals surface area (Å²) in [5.41, 5.74) is 1.52.